The quantitative estimate of drug-likeness (QED) is 0.855. The normalized spacial score (nSPS) is 25.2. The topological polar surface area (TPSA) is 24.9 Å². The van der Waals surface area contributed by atoms with Crippen LogP contribution >= 0.6 is 0 Å². The average molecular weight is 260 g/mol. The lowest BCUT2D eigenvalue weighted by atomic mass is 9.78. The first-order valence-electron chi connectivity index (χ1n) is 7.87. The van der Waals surface area contributed by atoms with Crippen LogP contribution in [0.25, 0.3) is 0 Å². The maximum Gasteiger partial charge on any atom is 0.0579 e. The summed E-state index contributed by atoms with van der Waals surface area (Å²) in [6.45, 7) is 7.79. The Hall–Kier alpha value is -0.890. The third-order valence-corrected chi connectivity index (χ3v) is 4.37. The Kier molecular flexibility index (Phi) is 5.38. The number of nitrogens with zero attached hydrogens (tertiary/aromatic N) is 1. The van der Waals surface area contributed by atoms with Gasteiger partial charge in [0.05, 0.1) is 11.7 Å². The third-order valence-electron chi connectivity index (χ3n) is 4.37. The van der Waals surface area contributed by atoms with Crippen LogP contribution in [0.4, 0.5) is 0 Å². The van der Waals surface area contributed by atoms with E-state index in [2.05, 4.69) is 44.3 Å². The fraction of sp³-hybridized carbons (Fsp3) is 0.706. The molecule has 1 fully saturated rings. The fourth-order valence-corrected chi connectivity index (χ4v) is 3.17. The van der Waals surface area contributed by atoms with Gasteiger partial charge in [-0.3, -0.25) is 4.98 Å². The summed E-state index contributed by atoms with van der Waals surface area (Å²) in [5, 5.41) is 3.73. The summed E-state index contributed by atoms with van der Waals surface area (Å²) in [4.78, 5) is 4.76. The summed E-state index contributed by atoms with van der Waals surface area (Å²) in [5.74, 6) is 1.67. The van der Waals surface area contributed by atoms with E-state index in [0.717, 1.165) is 24.1 Å². The van der Waals surface area contributed by atoms with Crippen LogP contribution in [0.15, 0.2) is 18.2 Å². The van der Waals surface area contributed by atoms with E-state index in [-0.39, 0.29) is 0 Å². The molecule has 1 N–H and O–H groups in total. The molecule has 1 atom stereocenters. The van der Waals surface area contributed by atoms with Crippen LogP contribution < -0.4 is 5.32 Å². The molecule has 1 aromatic rings. The summed E-state index contributed by atoms with van der Waals surface area (Å²) in [5.41, 5.74) is 2.37. The highest BCUT2D eigenvalue weighted by molar-refractivity contribution is 5.14. The zero-order valence-corrected chi connectivity index (χ0v) is 12.7. The van der Waals surface area contributed by atoms with E-state index in [9.17, 15) is 0 Å². The number of pyridine rings is 1. The first-order chi connectivity index (χ1) is 9.20. The SMILES string of the molecule is CCCNC(c1cccc(C)n1)C1CCC(C)CC1. The molecule has 0 radical (unpaired) electrons. The van der Waals surface area contributed by atoms with E-state index in [1.165, 1.54) is 37.8 Å². The molecule has 1 heterocycles. The molecule has 2 rings (SSSR count). The summed E-state index contributed by atoms with van der Waals surface area (Å²) in [7, 11) is 0. The Morgan fingerprint density at radius 3 is 2.63 bits per heavy atom. The minimum atomic E-state index is 0.451. The smallest absolute Gasteiger partial charge is 0.0579 e. The largest absolute Gasteiger partial charge is 0.308 e. The fourth-order valence-electron chi connectivity index (χ4n) is 3.17. The highest BCUT2D eigenvalue weighted by Crippen LogP contribution is 2.36. The van der Waals surface area contributed by atoms with Crippen LogP contribution in [0, 0.1) is 18.8 Å². The maximum absolute atomic E-state index is 4.76. The molecule has 106 valence electrons. The molecule has 0 aliphatic heterocycles. The number of rotatable bonds is 5. The number of aryl methyl sites for hydroxylation is 1. The molecular formula is C17H28N2. The van der Waals surface area contributed by atoms with Gasteiger partial charge in [0.25, 0.3) is 0 Å². The van der Waals surface area contributed by atoms with Crippen molar-refractivity contribution in [2.75, 3.05) is 6.54 Å². The minimum Gasteiger partial charge on any atom is -0.308 e. The molecular weight excluding hydrogens is 232 g/mol. The Morgan fingerprint density at radius 1 is 1.26 bits per heavy atom. The van der Waals surface area contributed by atoms with Gasteiger partial charge in [0.15, 0.2) is 0 Å². The van der Waals surface area contributed by atoms with Crippen LogP contribution in [0.2, 0.25) is 0 Å². The van der Waals surface area contributed by atoms with Crippen molar-refractivity contribution < 1.29 is 0 Å². The Morgan fingerprint density at radius 2 is 2.00 bits per heavy atom. The molecule has 0 saturated heterocycles. The van der Waals surface area contributed by atoms with Gasteiger partial charge in [0.1, 0.15) is 0 Å². The van der Waals surface area contributed by atoms with Gasteiger partial charge < -0.3 is 5.32 Å². The summed E-state index contributed by atoms with van der Waals surface area (Å²) >= 11 is 0. The van der Waals surface area contributed by atoms with E-state index in [4.69, 9.17) is 4.98 Å². The summed E-state index contributed by atoms with van der Waals surface area (Å²) in [6.07, 6.45) is 6.63. The lowest BCUT2D eigenvalue weighted by Crippen LogP contribution is -2.32. The van der Waals surface area contributed by atoms with E-state index in [1.807, 2.05) is 0 Å². The van der Waals surface area contributed by atoms with Crippen molar-refractivity contribution in [1.29, 1.82) is 0 Å². The molecule has 0 bridgehead atoms. The zero-order valence-electron chi connectivity index (χ0n) is 12.7. The van der Waals surface area contributed by atoms with Gasteiger partial charge in [0.2, 0.25) is 0 Å². The predicted octanol–water partition coefficient (Wildman–Crippen LogP) is 4.26. The van der Waals surface area contributed by atoms with Gasteiger partial charge in [-0.05, 0) is 56.7 Å². The third kappa shape index (κ3) is 4.04. The molecule has 19 heavy (non-hydrogen) atoms. The second-order valence-corrected chi connectivity index (χ2v) is 6.16. The van der Waals surface area contributed by atoms with Crippen LogP contribution in [0.5, 0.6) is 0 Å². The van der Waals surface area contributed by atoms with Crippen LogP contribution in [0.1, 0.15) is 63.4 Å². The predicted molar refractivity (Wildman–Crippen MR) is 81.1 cm³/mol. The second kappa shape index (κ2) is 7.04. The number of hydrogen-bond donors (Lipinski definition) is 1. The molecule has 1 aliphatic carbocycles. The van der Waals surface area contributed by atoms with Crippen molar-refractivity contribution >= 4 is 0 Å². The van der Waals surface area contributed by atoms with Crippen LogP contribution in [-0.4, -0.2) is 11.5 Å². The zero-order chi connectivity index (χ0) is 13.7. The number of aromatic nitrogens is 1. The molecule has 1 saturated carbocycles. The number of nitrogens with one attached hydrogen (secondary N) is 1. The molecule has 2 heteroatoms. The summed E-state index contributed by atoms with van der Waals surface area (Å²) < 4.78 is 0. The standard InChI is InChI=1S/C17H28N2/c1-4-12-18-17(15-10-8-13(2)9-11-15)16-7-5-6-14(3)19-16/h5-7,13,15,17-18H,4,8-12H2,1-3H3. The monoisotopic (exact) mass is 260 g/mol. The summed E-state index contributed by atoms with van der Waals surface area (Å²) in [6, 6.07) is 6.87. The molecule has 0 spiro atoms. The van der Waals surface area contributed by atoms with Gasteiger partial charge in [-0.25, -0.2) is 0 Å². The van der Waals surface area contributed by atoms with Gasteiger partial charge >= 0.3 is 0 Å². The molecule has 1 aliphatic rings. The minimum absolute atomic E-state index is 0.451. The van der Waals surface area contributed by atoms with Gasteiger partial charge in [-0.15, -0.1) is 0 Å². The van der Waals surface area contributed by atoms with Gasteiger partial charge in [-0.1, -0.05) is 32.8 Å². The van der Waals surface area contributed by atoms with Crippen LogP contribution in [0.3, 0.4) is 0 Å². The molecule has 1 unspecified atom stereocenters. The molecule has 0 amide bonds. The van der Waals surface area contributed by atoms with E-state index in [0.29, 0.717) is 6.04 Å². The van der Waals surface area contributed by atoms with Crippen molar-refractivity contribution in [3.05, 3.63) is 29.6 Å². The Balaban J connectivity index is 2.11. The lowest BCUT2D eigenvalue weighted by Gasteiger charge is -2.33. The first-order valence-corrected chi connectivity index (χ1v) is 7.87. The van der Waals surface area contributed by atoms with Crippen molar-refractivity contribution in [1.82, 2.24) is 10.3 Å². The Labute approximate surface area is 118 Å². The van der Waals surface area contributed by atoms with E-state index < -0.39 is 0 Å². The molecule has 0 aromatic carbocycles. The first kappa shape index (κ1) is 14.5. The van der Waals surface area contributed by atoms with Crippen molar-refractivity contribution in [2.45, 2.75) is 58.9 Å². The Bertz CT molecular complexity index is 381. The highest BCUT2D eigenvalue weighted by atomic mass is 14.9. The molecule has 2 nitrogen and oxygen atoms in total. The molecule has 1 aromatic heterocycles. The van der Waals surface area contributed by atoms with Crippen molar-refractivity contribution in [3.8, 4) is 0 Å². The number of hydrogen-bond acceptors (Lipinski definition) is 2. The van der Waals surface area contributed by atoms with Gasteiger partial charge in [-0.2, -0.15) is 0 Å². The average Bonchev–Trinajstić information content (AvgIpc) is 2.41. The van der Waals surface area contributed by atoms with Crippen molar-refractivity contribution in [2.24, 2.45) is 11.8 Å². The maximum atomic E-state index is 4.76. The highest BCUT2D eigenvalue weighted by Gasteiger charge is 2.27. The van der Waals surface area contributed by atoms with E-state index in [1.54, 1.807) is 0 Å². The lowest BCUT2D eigenvalue weighted by molar-refractivity contribution is 0.229. The van der Waals surface area contributed by atoms with Gasteiger partial charge in [0, 0.05) is 5.69 Å². The van der Waals surface area contributed by atoms with Crippen LogP contribution in [-0.2, 0) is 0 Å². The van der Waals surface area contributed by atoms with E-state index >= 15 is 0 Å². The van der Waals surface area contributed by atoms with Crippen molar-refractivity contribution in [3.63, 3.8) is 0 Å². The second-order valence-electron chi connectivity index (χ2n) is 6.16.